The summed E-state index contributed by atoms with van der Waals surface area (Å²) in [5, 5.41) is 48.5. The highest BCUT2D eigenvalue weighted by atomic mass is 16.5. The molecule has 3 atom stereocenters. The van der Waals surface area contributed by atoms with Gasteiger partial charge in [0, 0.05) is 98.6 Å². The molecule has 0 saturated heterocycles. The van der Waals surface area contributed by atoms with E-state index in [4.69, 9.17) is 31.4 Å². The number of nitrogens with two attached hydrogens (primary N) is 3. The maximum atomic E-state index is 12.7. The number of unbranched alkanes of at least 4 members (excludes halogenated alkanes) is 3. The number of hydrogen-bond donors (Lipinski definition) is 12. The van der Waals surface area contributed by atoms with Crippen molar-refractivity contribution in [1.82, 2.24) is 97.7 Å². The Balaban J connectivity index is 1.36. The van der Waals surface area contributed by atoms with Crippen LogP contribution in [0.2, 0.25) is 0 Å². The van der Waals surface area contributed by atoms with Gasteiger partial charge in [0.15, 0.2) is 0 Å². The molecule has 0 radical (unpaired) electrons. The van der Waals surface area contributed by atoms with E-state index in [0.29, 0.717) is 133 Å². The number of hydrogen-bond acceptors (Lipinski definition) is 22. The smallest absolute Gasteiger partial charge is 0.239 e. The van der Waals surface area contributed by atoms with Gasteiger partial charge in [-0.2, -0.15) is 0 Å². The molecule has 12 amide bonds. The van der Waals surface area contributed by atoms with Gasteiger partial charge >= 0.3 is 0 Å². The molecule has 15 N–H and O–H groups in total. The van der Waals surface area contributed by atoms with Gasteiger partial charge < -0.3 is 79.3 Å². The summed E-state index contributed by atoms with van der Waals surface area (Å²) in [7, 11) is 0. The number of carbonyl (C=O) groups is 12. The number of nitrogens with one attached hydrogen (secondary N) is 9. The molecule has 0 aliphatic carbocycles. The predicted octanol–water partition coefficient (Wildman–Crippen LogP) is -4.77. The molecule has 0 saturated carbocycles. The first-order chi connectivity index (χ1) is 45.0. The summed E-state index contributed by atoms with van der Waals surface area (Å²) in [4.78, 5) is 145. The van der Waals surface area contributed by atoms with Gasteiger partial charge in [-0.1, -0.05) is 15.6 Å². The lowest BCUT2D eigenvalue weighted by Gasteiger charge is -2.22. The molecule has 0 aliphatic rings. The van der Waals surface area contributed by atoms with E-state index >= 15 is 0 Å². The molecule has 37 heteroatoms. The average Bonchev–Trinajstić information content (AvgIpc) is 2.07. The zero-order valence-electron chi connectivity index (χ0n) is 54.1. The first-order valence-corrected chi connectivity index (χ1v) is 31.5. The van der Waals surface area contributed by atoms with Crippen LogP contribution in [0.25, 0.3) is 0 Å². The van der Waals surface area contributed by atoms with Crippen molar-refractivity contribution in [1.29, 1.82) is 0 Å². The Hall–Kier alpha value is -9.10. The Bertz CT molecular complexity index is 2550. The molecule has 94 heavy (non-hydrogen) atoms. The third-order valence-electron chi connectivity index (χ3n) is 13.9. The minimum absolute atomic E-state index is 0.0483. The molecule has 0 fully saturated rings. The highest BCUT2D eigenvalue weighted by Gasteiger charge is 2.19. The van der Waals surface area contributed by atoms with Crippen molar-refractivity contribution in [3.05, 3.63) is 35.7 Å². The fourth-order valence-corrected chi connectivity index (χ4v) is 8.77. The van der Waals surface area contributed by atoms with Crippen molar-refractivity contribution in [3.63, 3.8) is 0 Å². The standard InChI is InChI=1S/C57H96N22O15/c1-40(80)67-46(55(58)89)10-4-7-22-61-49(83)16-13-43-34-77(73-70-43)37-64-52(86)19-28-92-31-25-76(26-32-93-29-20-53(87)65-38-78-35-44(71-74-78)14-17-50(84)62-23-8-5-11-47(56(59)90)68-41(2)81)27-33-94-30-21-54(88)66-39-79-36-45(72-75-79)15-18-51(85)63-24-9-6-12-48(57(60)91)69-42(3)82/h34-36,46-48H,4-33,37-39H2,1-3H3,(H2,58,89)(H2,59,90)(H2,60,91)(H,61,83)(H,62,84)(H,63,85)(H,64,86)(H,65,87)(H,66,88)(H,67,80)(H,68,81)(H,69,82)/t46-,47-,48-/m0/s1. The van der Waals surface area contributed by atoms with Gasteiger partial charge in [0.05, 0.1) is 94.6 Å². The molecular formula is C57H96N22O15. The first-order valence-electron chi connectivity index (χ1n) is 31.5. The van der Waals surface area contributed by atoms with E-state index in [1.54, 1.807) is 18.6 Å². The van der Waals surface area contributed by atoms with Crippen molar-refractivity contribution in [2.24, 2.45) is 17.2 Å². The topological polar surface area (TPSA) is 514 Å². The maximum Gasteiger partial charge on any atom is 0.239 e. The van der Waals surface area contributed by atoms with Gasteiger partial charge in [0.2, 0.25) is 70.9 Å². The van der Waals surface area contributed by atoms with Crippen LogP contribution < -0.4 is 65.1 Å². The minimum Gasteiger partial charge on any atom is -0.380 e. The van der Waals surface area contributed by atoms with E-state index in [0.717, 1.165) is 0 Å². The molecular weight excluding hydrogens is 1230 g/mol. The normalized spacial score (nSPS) is 12.0. The Morgan fingerprint density at radius 1 is 0.394 bits per heavy atom. The molecule has 524 valence electrons. The second-order valence-corrected chi connectivity index (χ2v) is 22.0. The van der Waals surface area contributed by atoms with E-state index in [1.165, 1.54) is 34.8 Å². The third-order valence-corrected chi connectivity index (χ3v) is 13.9. The summed E-state index contributed by atoms with van der Waals surface area (Å²) in [5.41, 5.74) is 17.7. The third kappa shape index (κ3) is 38.7. The van der Waals surface area contributed by atoms with E-state index in [1.807, 2.05) is 4.90 Å². The summed E-state index contributed by atoms with van der Waals surface area (Å²) in [6.07, 6.45) is 11.1. The van der Waals surface area contributed by atoms with Crippen LogP contribution in [0.1, 0.15) is 134 Å². The quantitative estimate of drug-likeness (QED) is 0.0236. The number of nitrogens with zero attached hydrogens (tertiary/aromatic N) is 10. The fourth-order valence-electron chi connectivity index (χ4n) is 8.77. The molecule has 0 aliphatic heterocycles. The maximum absolute atomic E-state index is 12.7. The lowest BCUT2D eigenvalue weighted by atomic mass is 10.1. The van der Waals surface area contributed by atoms with Crippen LogP contribution >= 0.6 is 0 Å². The molecule has 3 rings (SSSR count). The van der Waals surface area contributed by atoms with Crippen LogP contribution in [0, 0.1) is 0 Å². The van der Waals surface area contributed by atoms with Gasteiger partial charge in [-0.3, -0.25) is 62.4 Å². The number of rotatable bonds is 54. The van der Waals surface area contributed by atoms with E-state index in [9.17, 15) is 57.5 Å². The Morgan fingerprint density at radius 2 is 0.660 bits per heavy atom. The molecule has 37 nitrogen and oxygen atoms in total. The van der Waals surface area contributed by atoms with E-state index < -0.39 is 35.8 Å². The minimum atomic E-state index is -0.759. The van der Waals surface area contributed by atoms with Crippen LogP contribution in [0.5, 0.6) is 0 Å². The monoisotopic (exact) mass is 1330 g/mol. The van der Waals surface area contributed by atoms with E-state index in [-0.39, 0.29) is 151 Å². The van der Waals surface area contributed by atoms with Crippen LogP contribution in [-0.2, 0) is 111 Å². The molecule has 3 aromatic heterocycles. The Kier molecular flexibility index (Phi) is 39.5. The second-order valence-electron chi connectivity index (χ2n) is 22.0. The largest absolute Gasteiger partial charge is 0.380 e. The summed E-state index contributed by atoms with van der Waals surface area (Å²) >= 11 is 0. The first kappa shape index (κ1) is 79.1. The molecule has 0 spiro atoms. The van der Waals surface area contributed by atoms with E-state index in [2.05, 4.69) is 78.8 Å². The van der Waals surface area contributed by atoms with Gasteiger partial charge in [-0.15, -0.1) is 15.3 Å². The van der Waals surface area contributed by atoms with Crippen LogP contribution in [0.4, 0.5) is 0 Å². The summed E-state index contributed by atoms with van der Waals surface area (Å²) < 4.78 is 21.7. The number of amides is 12. The Labute approximate surface area is 545 Å². The summed E-state index contributed by atoms with van der Waals surface area (Å²) in [6.45, 7) is 7.67. The highest BCUT2D eigenvalue weighted by Crippen LogP contribution is 2.06. The van der Waals surface area contributed by atoms with Crippen molar-refractivity contribution >= 4 is 70.9 Å². The van der Waals surface area contributed by atoms with Gasteiger partial charge in [-0.05, 0) is 57.8 Å². The summed E-state index contributed by atoms with van der Waals surface area (Å²) in [5.74, 6) is -4.34. The van der Waals surface area contributed by atoms with Crippen LogP contribution in [0.3, 0.4) is 0 Å². The lowest BCUT2D eigenvalue weighted by molar-refractivity contribution is -0.126. The lowest BCUT2D eigenvalue weighted by Crippen LogP contribution is -2.43. The number of aryl methyl sites for hydroxylation is 3. The Morgan fingerprint density at radius 3 is 0.915 bits per heavy atom. The zero-order chi connectivity index (χ0) is 68.9. The number of carbonyl (C=O) groups excluding carboxylic acids is 12. The molecule has 3 aromatic rings. The molecule has 0 bridgehead atoms. The van der Waals surface area contributed by atoms with Crippen molar-refractivity contribution in [2.45, 2.75) is 174 Å². The zero-order valence-corrected chi connectivity index (χ0v) is 54.1. The molecule has 3 heterocycles. The van der Waals surface area contributed by atoms with Gasteiger partial charge in [0.1, 0.15) is 38.1 Å². The number of ether oxygens (including phenoxy) is 3. The molecule has 0 unspecified atom stereocenters. The SMILES string of the molecule is CC(=O)N[C@@H](CCCCNC(=O)CCc1cn(CNC(=O)CCOCCN(CCOCCC(=O)NCn2cc(CCC(=O)NCCCC[C@H](NC(C)=O)C(N)=O)nn2)CCOCCC(=O)NCn2cc(CCC(=O)NCCCC[C@H](NC(C)=O)C(N)=O)nn2)nn1)C(N)=O. The second kappa shape index (κ2) is 46.9. The average molecular weight is 1330 g/mol. The van der Waals surface area contributed by atoms with Crippen molar-refractivity contribution in [3.8, 4) is 0 Å². The fraction of sp³-hybridized carbons (Fsp3) is 0.684. The highest BCUT2D eigenvalue weighted by molar-refractivity contribution is 5.87. The number of primary amides is 3. The molecule has 0 aromatic carbocycles. The number of aromatic nitrogens is 9. The van der Waals surface area contributed by atoms with Crippen LogP contribution in [-0.4, -0.2) is 218 Å². The van der Waals surface area contributed by atoms with Gasteiger partial charge in [0.25, 0.3) is 0 Å². The predicted molar refractivity (Wildman–Crippen MR) is 333 cm³/mol. The van der Waals surface area contributed by atoms with Gasteiger partial charge in [-0.25, -0.2) is 14.0 Å². The van der Waals surface area contributed by atoms with Crippen molar-refractivity contribution in [2.75, 3.05) is 78.9 Å². The van der Waals surface area contributed by atoms with Crippen LogP contribution in [0.15, 0.2) is 18.6 Å². The summed E-state index contributed by atoms with van der Waals surface area (Å²) in [6, 6.07) is -2.28. The van der Waals surface area contributed by atoms with Crippen molar-refractivity contribution < 1.29 is 71.7 Å².